The molecule has 2 unspecified atom stereocenters. The lowest BCUT2D eigenvalue weighted by atomic mass is 10.1. The van der Waals surface area contributed by atoms with E-state index in [0.717, 1.165) is 18.4 Å². The number of nitrogens with zero attached hydrogens (tertiary/aromatic N) is 1. The normalized spacial score (nSPS) is 16.5. The molecule has 0 aromatic rings. The maximum Gasteiger partial charge on any atom is 0.0638 e. The highest BCUT2D eigenvalue weighted by Crippen LogP contribution is 2.07. The third-order valence-corrected chi connectivity index (χ3v) is 2.86. The number of aliphatic hydroxyl groups excluding tert-OH is 1. The average Bonchev–Trinajstić information content (AvgIpc) is 1.98. The minimum Gasteiger partial charge on any atom is -0.392 e. The summed E-state index contributed by atoms with van der Waals surface area (Å²) in [5, 5.41) is 10.2. The molecule has 0 rings (SSSR count). The van der Waals surface area contributed by atoms with Crippen molar-refractivity contribution in [1.82, 2.24) is 4.90 Å². The average molecular weight is 238 g/mol. The topological polar surface area (TPSA) is 23.5 Å². The van der Waals surface area contributed by atoms with Crippen molar-refractivity contribution in [2.24, 2.45) is 5.92 Å². The quantitative estimate of drug-likeness (QED) is 0.712. The Hall–Kier alpha value is 0.400. The van der Waals surface area contributed by atoms with Gasteiger partial charge in [-0.25, -0.2) is 0 Å². The van der Waals surface area contributed by atoms with Gasteiger partial charge in [0.05, 0.1) is 6.10 Å². The highest BCUT2D eigenvalue weighted by Gasteiger charge is 2.09. The molecule has 0 heterocycles. The minimum atomic E-state index is -0.220. The van der Waals surface area contributed by atoms with Crippen LogP contribution in [0.25, 0.3) is 0 Å². The fourth-order valence-corrected chi connectivity index (χ4v) is 1.92. The van der Waals surface area contributed by atoms with E-state index in [1.807, 2.05) is 6.92 Å². The molecular formula is C9H20BrNO. The van der Waals surface area contributed by atoms with Gasteiger partial charge in [-0.2, -0.15) is 0 Å². The van der Waals surface area contributed by atoms with E-state index in [9.17, 15) is 0 Å². The predicted octanol–water partition coefficient (Wildman–Crippen LogP) is 1.72. The molecule has 0 aromatic carbocycles. The third-order valence-electron chi connectivity index (χ3n) is 1.94. The van der Waals surface area contributed by atoms with Crippen LogP contribution in [0.15, 0.2) is 0 Å². The number of rotatable bonds is 6. The number of halogens is 1. The molecule has 2 atom stereocenters. The van der Waals surface area contributed by atoms with Gasteiger partial charge in [0.2, 0.25) is 0 Å². The molecule has 0 bridgehead atoms. The molecular weight excluding hydrogens is 218 g/mol. The van der Waals surface area contributed by atoms with Gasteiger partial charge >= 0.3 is 0 Å². The minimum absolute atomic E-state index is 0.220. The zero-order chi connectivity index (χ0) is 9.56. The van der Waals surface area contributed by atoms with Gasteiger partial charge in [0, 0.05) is 18.4 Å². The van der Waals surface area contributed by atoms with Crippen molar-refractivity contribution in [2.75, 3.05) is 25.5 Å². The van der Waals surface area contributed by atoms with Gasteiger partial charge in [0.15, 0.2) is 0 Å². The van der Waals surface area contributed by atoms with Gasteiger partial charge in [0.1, 0.15) is 0 Å². The zero-order valence-electron chi connectivity index (χ0n) is 8.26. The fraction of sp³-hybridized carbons (Fsp3) is 1.00. The van der Waals surface area contributed by atoms with E-state index in [1.54, 1.807) is 0 Å². The van der Waals surface area contributed by atoms with E-state index >= 15 is 0 Å². The second kappa shape index (κ2) is 6.87. The lowest BCUT2D eigenvalue weighted by Crippen LogP contribution is -2.32. The van der Waals surface area contributed by atoms with Crippen molar-refractivity contribution in [2.45, 2.75) is 26.4 Å². The standard InChI is InChI=1S/C9H20BrNO/c1-4-9(5-10)7-11(3)6-8(2)12/h8-9,12H,4-7H2,1-3H3. The van der Waals surface area contributed by atoms with Gasteiger partial charge in [-0.05, 0) is 19.9 Å². The largest absolute Gasteiger partial charge is 0.392 e. The molecule has 12 heavy (non-hydrogen) atoms. The highest BCUT2D eigenvalue weighted by atomic mass is 79.9. The van der Waals surface area contributed by atoms with Crippen molar-refractivity contribution in [1.29, 1.82) is 0 Å². The second-order valence-corrected chi connectivity index (χ2v) is 4.15. The molecule has 0 aromatic heterocycles. The number of hydrogen-bond acceptors (Lipinski definition) is 2. The van der Waals surface area contributed by atoms with Gasteiger partial charge < -0.3 is 10.0 Å². The van der Waals surface area contributed by atoms with Gasteiger partial charge in [-0.1, -0.05) is 29.3 Å². The van der Waals surface area contributed by atoms with Crippen LogP contribution in [0.5, 0.6) is 0 Å². The van der Waals surface area contributed by atoms with Crippen LogP contribution >= 0.6 is 15.9 Å². The Labute approximate surface area is 84.1 Å². The van der Waals surface area contributed by atoms with Crippen LogP contribution in [0.3, 0.4) is 0 Å². The van der Waals surface area contributed by atoms with E-state index in [0.29, 0.717) is 5.92 Å². The summed E-state index contributed by atoms with van der Waals surface area (Å²) < 4.78 is 0. The van der Waals surface area contributed by atoms with E-state index in [2.05, 4.69) is 34.8 Å². The highest BCUT2D eigenvalue weighted by molar-refractivity contribution is 9.09. The maximum atomic E-state index is 9.13. The SMILES string of the molecule is CCC(CBr)CN(C)CC(C)O. The summed E-state index contributed by atoms with van der Waals surface area (Å²) in [5.41, 5.74) is 0. The first-order valence-electron chi connectivity index (χ1n) is 4.52. The van der Waals surface area contributed by atoms with E-state index in [4.69, 9.17) is 5.11 Å². The first kappa shape index (κ1) is 12.4. The Morgan fingerprint density at radius 1 is 1.42 bits per heavy atom. The van der Waals surface area contributed by atoms with E-state index in [1.165, 1.54) is 6.42 Å². The molecule has 0 aliphatic heterocycles. The summed E-state index contributed by atoms with van der Waals surface area (Å²) in [7, 11) is 2.05. The third kappa shape index (κ3) is 5.98. The van der Waals surface area contributed by atoms with Crippen molar-refractivity contribution >= 4 is 15.9 Å². The van der Waals surface area contributed by atoms with Crippen molar-refractivity contribution in [3.8, 4) is 0 Å². The lowest BCUT2D eigenvalue weighted by molar-refractivity contribution is 0.133. The van der Waals surface area contributed by atoms with Gasteiger partial charge in [-0.15, -0.1) is 0 Å². The van der Waals surface area contributed by atoms with Gasteiger partial charge in [0.25, 0.3) is 0 Å². The monoisotopic (exact) mass is 237 g/mol. The van der Waals surface area contributed by atoms with E-state index in [-0.39, 0.29) is 6.10 Å². The summed E-state index contributed by atoms with van der Waals surface area (Å²) in [6, 6.07) is 0. The number of alkyl halides is 1. The predicted molar refractivity (Wildman–Crippen MR) is 56.8 cm³/mol. The molecule has 0 aliphatic rings. The molecule has 74 valence electrons. The first-order valence-corrected chi connectivity index (χ1v) is 5.64. The van der Waals surface area contributed by atoms with Crippen LogP contribution in [0.2, 0.25) is 0 Å². The van der Waals surface area contributed by atoms with Crippen LogP contribution in [0, 0.1) is 5.92 Å². The fourth-order valence-electron chi connectivity index (χ4n) is 1.25. The molecule has 0 aliphatic carbocycles. The Morgan fingerprint density at radius 3 is 2.33 bits per heavy atom. The lowest BCUT2D eigenvalue weighted by Gasteiger charge is -2.22. The molecule has 0 radical (unpaired) electrons. The van der Waals surface area contributed by atoms with Crippen LogP contribution < -0.4 is 0 Å². The van der Waals surface area contributed by atoms with Crippen LogP contribution in [-0.2, 0) is 0 Å². The Kier molecular flexibility index (Phi) is 7.10. The van der Waals surface area contributed by atoms with Crippen molar-refractivity contribution in [3.63, 3.8) is 0 Å². The molecule has 0 saturated carbocycles. The summed E-state index contributed by atoms with van der Waals surface area (Å²) >= 11 is 3.48. The van der Waals surface area contributed by atoms with Crippen molar-refractivity contribution < 1.29 is 5.11 Å². The Morgan fingerprint density at radius 2 is 2.00 bits per heavy atom. The molecule has 0 saturated heterocycles. The number of hydrogen-bond donors (Lipinski definition) is 1. The number of aliphatic hydroxyl groups is 1. The molecule has 0 spiro atoms. The molecule has 1 N–H and O–H groups in total. The summed E-state index contributed by atoms with van der Waals surface area (Å²) in [4.78, 5) is 2.18. The molecule has 3 heteroatoms. The molecule has 0 fully saturated rings. The number of likely N-dealkylation sites (N-methyl/N-ethyl adjacent to an activating group) is 1. The first-order chi connectivity index (χ1) is 5.60. The molecule has 2 nitrogen and oxygen atoms in total. The van der Waals surface area contributed by atoms with Crippen molar-refractivity contribution in [3.05, 3.63) is 0 Å². The summed E-state index contributed by atoms with van der Waals surface area (Å²) in [6.45, 7) is 5.85. The Bertz CT molecular complexity index is 105. The smallest absolute Gasteiger partial charge is 0.0638 e. The second-order valence-electron chi connectivity index (χ2n) is 3.50. The maximum absolute atomic E-state index is 9.13. The summed E-state index contributed by atoms with van der Waals surface area (Å²) in [5.74, 6) is 0.703. The Balaban J connectivity index is 3.58. The van der Waals surface area contributed by atoms with Gasteiger partial charge in [-0.3, -0.25) is 0 Å². The van der Waals surface area contributed by atoms with Crippen LogP contribution in [0.4, 0.5) is 0 Å². The van der Waals surface area contributed by atoms with Crippen LogP contribution in [-0.4, -0.2) is 41.6 Å². The van der Waals surface area contributed by atoms with E-state index < -0.39 is 0 Å². The summed E-state index contributed by atoms with van der Waals surface area (Å²) in [6.07, 6.45) is 0.970. The van der Waals surface area contributed by atoms with Crippen LogP contribution in [0.1, 0.15) is 20.3 Å². The molecule has 0 amide bonds. The zero-order valence-corrected chi connectivity index (χ0v) is 9.84.